The van der Waals surface area contributed by atoms with E-state index in [1.165, 1.54) is 11.1 Å². The van der Waals surface area contributed by atoms with Gasteiger partial charge in [-0.15, -0.1) is 0 Å². The maximum absolute atomic E-state index is 6.12. The maximum atomic E-state index is 6.12. The molecule has 2 rings (SSSR count). The van der Waals surface area contributed by atoms with E-state index in [-0.39, 0.29) is 0 Å². The second-order valence-corrected chi connectivity index (χ2v) is 4.55. The van der Waals surface area contributed by atoms with E-state index in [1.54, 1.807) is 0 Å². The van der Waals surface area contributed by atoms with Crippen molar-refractivity contribution in [1.82, 2.24) is 0 Å². The number of rotatable bonds is 2. The lowest BCUT2D eigenvalue weighted by Crippen LogP contribution is -1.98. The van der Waals surface area contributed by atoms with Crippen molar-refractivity contribution in [3.05, 3.63) is 52.5 Å². The van der Waals surface area contributed by atoms with E-state index < -0.39 is 0 Å². The number of nitrogens with two attached hydrogens (primary N) is 1. The summed E-state index contributed by atoms with van der Waals surface area (Å²) in [6.07, 6.45) is 0. The van der Waals surface area contributed by atoms with Gasteiger partial charge in [0, 0.05) is 5.69 Å². The topological polar surface area (TPSA) is 38.0 Å². The largest absolute Gasteiger partial charge is 0.397 e. The fourth-order valence-corrected chi connectivity index (χ4v) is 1.99. The molecule has 3 N–H and O–H groups in total. The molecule has 0 fully saturated rings. The van der Waals surface area contributed by atoms with Crippen molar-refractivity contribution >= 4 is 28.7 Å². The lowest BCUT2D eigenvalue weighted by molar-refractivity contribution is 1.37. The number of nitrogen functional groups attached to an aromatic ring is 1. The Balaban J connectivity index is 2.38. The molecule has 88 valence electrons. The van der Waals surface area contributed by atoms with Crippen LogP contribution in [-0.4, -0.2) is 0 Å². The molecular formula is C14H15ClN2. The van der Waals surface area contributed by atoms with Gasteiger partial charge < -0.3 is 11.1 Å². The standard InChI is InChI=1S/C14H15ClN2/c1-9-6-7-13(10(2)8-9)17-14-11(15)4-3-5-12(14)16/h3-8,17H,16H2,1-2H3. The van der Waals surface area contributed by atoms with Crippen LogP contribution in [0.2, 0.25) is 5.02 Å². The predicted octanol–water partition coefficient (Wildman–Crippen LogP) is 4.28. The van der Waals surface area contributed by atoms with Gasteiger partial charge in [-0.05, 0) is 37.6 Å². The molecule has 0 bridgehead atoms. The van der Waals surface area contributed by atoms with Gasteiger partial charge in [-0.25, -0.2) is 0 Å². The van der Waals surface area contributed by atoms with Crippen molar-refractivity contribution in [2.45, 2.75) is 13.8 Å². The Morgan fingerprint density at radius 1 is 1.12 bits per heavy atom. The van der Waals surface area contributed by atoms with Crippen LogP contribution in [-0.2, 0) is 0 Å². The summed E-state index contributed by atoms with van der Waals surface area (Å²) in [7, 11) is 0. The minimum atomic E-state index is 0.630. The lowest BCUT2D eigenvalue weighted by Gasteiger charge is -2.13. The molecule has 0 saturated carbocycles. The molecule has 0 spiro atoms. The van der Waals surface area contributed by atoms with Gasteiger partial charge in [-0.3, -0.25) is 0 Å². The average Bonchev–Trinajstić information content (AvgIpc) is 2.26. The van der Waals surface area contributed by atoms with Crippen LogP contribution in [0.25, 0.3) is 0 Å². The molecule has 0 aliphatic heterocycles. The molecule has 3 heteroatoms. The molecular weight excluding hydrogens is 232 g/mol. The Morgan fingerprint density at radius 3 is 2.53 bits per heavy atom. The van der Waals surface area contributed by atoms with Crippen LogP contribution < -0.4 is 11.1 Å². The summed E-state index contributed by atoms with van der Waals surface area (Å²) in [5.41, 5.74) is 10.7. The fourth-order valence-electron chi connectivity index (χ4n) is 1.76. The van der Waals surface area contributed by atoms with Crippen molar-refractivity contribution in [1.29, 1.82) is 0 Å². The van der Waals surface area contributed by atoms with E-state index in [1.807, 2.05) is 24.3 Å². The van der Waals surface area contributed by atoms with Crippen LogP contribution in [0.4, 0.5) is 17.1 Å². The first-order chi connectivity index (χ1) is 8.08. The van der Waals surface area contributed by atoms with Crippen LogP contribution in [0.3, 0.4) is 0 Å². The molecule has 0 unspecified atom stereocenters. The summed E-state index contributed by atoms with van der Waals surface area (Å²) < 4.78 is 0. The highest BCUT2D eigenvalue weighted by atomic mass is 35.5. The quantitative estimate of drug-likeness (QED) is 0.776. The van der Waals surface area contributed by atoms with Gasteiger partial charge in [0.15, 0.2) is 0 Å². The van der Waals surface area contributed by atoms with Crippen molar-refractivity contribution in [3.63, 3.8) is 0 Å². The zero-order valence-electron chi connectivity index (χ0n) is 9.92. The van der Waals surface area contributed by atoms with E-state index in [0.717, 1.165) is 11.4 Å². The van der Waals surface area contributed by atoms with Crippen molar-refractivity contribution < 1.29 is 0 Å². The number of hydrogen-bond donors (Lipinski definition) is 2. The Bertz CT molecular complexity index is 530. The molecule has 0 aromatic heterocycles. The molecule has 2 aromatic carbocycles. The number of benzene rings is 2. The Labute approximate surface area is 106 Å². The number of hydrogen-bond acceptors (Lipinski definition) is 2. The zero-order chi connectivity index (χ0) is 12.4. The minimum absolute atomic E-state index is 0.630. The molecule has 0 aliphatic carbocycles. The molecule has 2 nitrogen and oxygen atoms in total. The van der Waals surface area contributed by atoms with E-state index in [2.05, 4.69) is 31.3 Å². The van der Waals surface area contributed by atoms with E-state index in [9.17, 15) is 0 Å². The molecule has 0 aliphatic rings. The summed E-state index contributed by atoms with van der Waals surface area (Å²) >= 11 is 6.12. The van der Waals surface area contributed by atoms with Gasteiger partial charge in [0.25, 0.3) is 0 Å². The van der Waals surface area contributed by atoms with E-state index in [0.29, 0.717) is 10.7 Å². The normalized spacial score (nSPS) is 10.3. The third kappa shape index (κ3) is 2.53. The maximum Gasteiger partial charge on any atom is 0.0807 e. The van der Waals surface area contributed by atoms with E-state index in [4.69, 9.17) is 17.3 Å². The van der Waals surface area contributed by atoms with Gasteiger partial charge in [0.2, 0.25) is 0 Å². The number of anilines is 3. The molecule has 0 radical (unpaired) electrons. The summed E-state index contributed by atoms with van der Waals surface area (Å²) in [6.45, 7) is 4.13. The number of para-hydroxylation sites is 1. The summed E-state index contributed by atoms with van der Waals surface area (Å²) in [4.78, 5) is 0. The first-order valence-electron chi connectivity index (χ1n) is 5.46. The minimum Gasteiger partial charge on any atom is -0.397 e. The Morgan fingerprint density at radius 2 is 1.88 bits per heavy atom. The van der Waals surface area contributed by atoms with Gasteiger partial charge in [-0.1, -0.05) is 35.4 Å². The van der Waals surface area contributed by atoms with Gasteiger partial charge >= 0.3 is 0 Å². The molecule has 0 atom stereocenters. The highest BCUT2D eigenvalue weighted by molar-refractivity contribution is 6.34. The summed E-state index contributed by atoms with van der Waals surface area (Å²) in [5.74, 6) is 0. The molecule has 2 aromatic rings. The molecule has 0 amide bonds. The number of nitrogens with one attached hydrogen (secondary N) is 1. The lowest BCUT2D eigenvalue weighted by atomic mass is 10.1. The van der Waals surface area contributed by atoms with Crippen LogP contribution in [0.5, 0.6) is 0 Å². The molecule has 17 heavy (non-hydrogen) atoms. The van der Waals surface area contributed by atoms with Crippen LogP contribution in [0.15, 0.2) is 36.4 Å². The fraction of sp³-hybridized carbons (Fsp3) is 0.143. The van der Waals surface area contributed by atoms with Crippen LogP contribution in [0.1, 0.15) is 11.1 Å². The second-order valence-electron chi connectivity index (χ2n) is 4.15. The Kier molecular flexibility index (Phi) is 3.25. The number of aryl methyl sites for hydroxylation is 2. The van der Waals surface area contributed by atoms with Crippen LogP contribution >= 0.6 is 11.6 Å². The SMILES string of the molecule is Cc1ccc(Nc2c(N)cccc2Cl)c(C)c1. The van der Waals surface area contributed by atoms with Crippen molar-refractivity contribution in [3.8, 4) is 0 Å². The van der Waals surface area contributed by atoms with Crippen molar-refractivity contribution in [2.75, 3.05) is 11.1 Å². The second kappa shape index (κ2) is 4.68. The van der Waals surface area contributed by atoms with Gasteiger partial charge in [0.1, 0.15) is 0 Å². The third-order valence-corrected chi connectivity index (χ3v) is 3.00. The van der Waals surface area contributed by atoms with Crippen LogP contribution in [0, 0.1) is 13.8 Å². The molecule has 0 saturated heterocycles. The van der Waals surface area contributed by atoms with Crippen molar-refractivity contribution in [2.24, 2.45) is 0 Å². The number of halogens is 1. The van der Waals surface area contributed by atoms with E-state index >= 15 is 0 Å². The first kappa shape index (κ1) is 11.8. The third-order valence-electron chi connectivity index (χ3n) is 2.69. The summed E-state index contributed by atoms with van der Waals surface area (Å²) in [5, 5.41) is 3.91. The molecule has 0 heterocycles. The average molecular weight is 247 g/mol. The summed E-state index contributed by atoms with van der Waals surface area (Å²) in [6, 6.07) is 11.7. The van der Waals surface area contributed by atoms with Gasteiger partial charge in [0.05, 0.1) is 16.4 Å². The first-order valence-corrected chi connectivity index (χ1v) is 5.84. The monoisotopic (exact) mass is 246 g/mol. The predicted molar refractivity (Wildman–Crippen MR) is 75.1 cm³/mol. The smallest absolute Gasteiger partial charge is 0.0807 e. The highest BCUT2D eigenvalue weighted by Gasteiger charge is 2.06. The zero-order valence-corrected chi connectivity index (χ0v) is 10.7. The highest BCUT2D eigenvalue weighted by Crippen LogP contribution is 2.32. The van der Waals surface area contributed by atoms with Gasteiger partial charge in [-0.2, -0.15) is 0 Å². The Hall–Kier alpha value is -1.67.